The van der Waals surface area contributed by atoms with Crippen molar-refractivity contribution in [2.45, 2.75) is 13.0 Å². The quantitative estimate of drug-likeness (QED) is 0.888. The highest BCUT2D eigenvalue weighted by atomic mass is 79.9. The molecule has 0 radical (unpaired) electrons. The predicted octanol–water partition coefficient (Wildman–Crippen LogP) is 3.98. The summed E-state index contributed by atoms with van der Waals surface area (Å²) in [7, 11) is 0. The average Bonchev–Trinajstić information content (AvgIpc) is 2.32. The fourth-order valence-electron chi connectivity index (χ4n) is 1.65. The predicted molar refractivity (Wildman–Crippen MR) is 69.3 cm³/mol. The van der Waals surface area contributed by atoms with Crippen LogP contribution in [-0.4, -0.2) is 5.11 Å². The number of aryl methyl sites for hydroxylation is 1. The van der Waals surface area contributed by atoms with Crippen LogP contribution in [0.3, 0.4) is 0 Å². The number of halogens is 2. The summed E-state index contributed by atoms with van der Waals surface area (Å²) in [6.07, 6.45) is -0.803. The van der Waals surface area contributed by atoms with Gasteiger partial charge in [-0.25, -0.2) is 4.39 Å². The highest BCUT2D eigenvalue weighted by Crippen LogP contribution is 2.25. The molecule has 0 aliphatic rings. The lowest BCUT2D eigenvalue weighted by Gasteiger charge is -2.12. The molecular weight excluding hydrogens is 283 g/mol. The van der Waals surface area contributed by atoms with Crippen LogP contribution < -0.4 is 0 Å². The number of aliphatic hydroxyl groups is 1. The third-order valence-corrected chi connectivity index (χ3v) is 3.17. The zero-order valence-electron chi connectivity index (χ0n) is 9.32. The van der Waals surface area contributed by atoms with Crippen LogP contribution in [0, 0.1) is 12.7 Å². The van der Waals surface area contributed by atoms with E-state index in [-0.39, 0.29) is 5.82 Å². The zero-order valence-corrected chi connectivity index (χ0v) is 10.9. The Bertz CT molecular complexity index is 539. The molecule has 0 heterocycles. The van der Waals surface area contributed by atoms with Crippen molar-refractivity contribution in [2.24, 2.45) is 0 Å². The molecule has 2 rings (SSSR count). The Morgan fingerprint density at radius 1 is 1.12 bits per heavy atom. The number of hydrogen-bond donors (Lipinski definition) is 1. The van der Waals surface area contributed by atoms with E-state index in [9.17, 15) is 9.50 Å². The van der Waals surface area contributed by atoms with Crippen LogP contribution in [0.25, 0.3) is 0 Å². The lowest BCUT2D eigenvalue weighted by Crippen LogP contribution is -2.00. The van der Waals surface area contributed by atoms with E-state index in [0.717, 1.165) is 10.0 Å². The summed E-state index contributed by atoms with van der Waals surface area (Å²) in [5.41, 5.74) is 1.88. The minimum Gasteiger partial charge on any atom is -0.384 e. The SMILES string of the molecule is Cc1ccc([C@H](O)c2cccc(Br)c2)cc1F. The minimum atomic E-state index is -0.803. The molecule has 0 aliphatic carbocycles. The van der Waals surface area contributed by atoms with Gasteiger partial charge in [-0.3, -0.25) is 0 Å². The van der Waals surface area contributed by atoms with Crippen molar-refractivity contribution in [3.8, 4) is 0 Å². The van der Waals surface area contributed by atoms with E-state index >= 15 is 0 Å². The number of aliphatic hydroxyl groups excluding tert-OH is 1. The van der Waals surface area contributed by atoms with Gasteiger partial charge in [0.05, 0.1) is 0 Å². The molecule has 0 unspecified atom stereocenters. The van der Waals surface area contributed by atoms with Gasteiger partial charge in [0, 0.05) is 4.47 Å². The van der Waals surface area contributed by atoms with Gasteiger partial charge in [-0.1, -0.05) is 40.2 Å². The second-order valence-corrected chi connectivity index (χ2v) is 4.88. The van der Waals surface area contributed by atoms with Gasteiger partial charge in [0.2, 0.25) is 0 Å². The number of benzene rings is 2. The van der Waals surface area contributed by atoms with Crippen LogP contribution in [-0.2, 0) is 0 Å². The molecule has 0 aromatic heterocycles. The molecule has 0 bridgehead atoms. The molecule has 17 heavy (non-hydrogen) atoms. The van der Waals surface area contributed by atoms with Crippen LogP contribution in [0.15, 0.2) is 46.9 Å². The molecular formula is C14H12BrFO. The average molecular weight is 295 g/mol. The summed E-state index contributed by atoms with van der Waals surface area (Å²) in [5, 5.41) is 10.1. The fraction of sp³-hybridized carbons (Fsp3) is 0.143. The second-order valence-electron chi connectivity index (χ2n) is 3.97. The highest BCUT2D eigenvalue weighted by Gasteiger charge is 2.12. The topological polar surface area (TPSA) is 20.2 Å². The van der Waals surface area contributed by atoms with Crippen LogP contribution in [0.2, 0.25) is 0 Å². The highest BCUT2D eigenvalue weighted by molar-refractivity contribution is 9.10. The van der Waals surface area contributed by atoms with Gasteiger partial charge >= 0.3 is 0 Å². The first-order chi connectivity index (χ1) is 8.08. The van der Waals surface area contributed by atoms with E-state index in [1.54, 1.807) is 19.1 Å². The Morgan fingerprint density at radius 2 is 1.82 bits per heavy atom. The van der Waals surface area contributed by atoms with Crippen molar-refractivity contribution >= 4 is 15.9 Å². The van der Waals surface area contributed by atoms with E-state index in [1.165, 1.54) is 6.07 Å². The van der Waals surface area contributed by atoms with E-state index in [0.29, 0.717) is 11.1 Å². The van der Waals surface area contributed by atoms with Crippen molar-refractivity contribution in [2.75, 3.05) is 0 Å². The first-order valence-electron chi connectivity index (χ1n) is 5.27. The summed E-state index contributed by atoms with van der Waals surface area (Å²) in [6, 6.07) is 12.1. The standard InChI is InChI=1S/C14H12BrFO/c1-9-5-6-11(8-13(9)16)14(17)10-3-2-4-12(15)7-10/h2-8,14,17H,1H3/t14-/m1/s1. The summed E-state index contributed by atoms with van der Waals surface area (Å²) in [5.74, 6) is -0.295. The normalized spacial score (nSPS) is 12.5. The van der Waals surface area contributed by atoms with E-state index < -0.39 is 6.10 Å². The van der Waals surface area contributed by atoms with Crippen LogP contribution in [0.4, 0.5) is 4.39 Å². The monoisotopic (exact) mass is 294 g/mol. The van der Waals surface area contributed by atoms with Gasteiger partial charge < -0.3 is 5.11 Å². The molecule has 0 fully saturated rings. The van der Waals surface area contributed by atoms with Crippen molar-refractivity contribution in [1.29, 1.82) is 0 Å². The Morgan fingerprint density at radius 3 is 2.47 bits per heavy atom. The van der Waals surface area contributed by atoms with Gasteiger partial charge in [-0.2, -0.15) is 0 Å². The molecule has 0 saturated carbocycles. The molecule has 2 aromatic rings. The van der Waals surface area contributed by atoms with Crippen molar-refractivity contribution < 1.29 is 9.50 Å². The summed E-state index contributed by atoms with van der Waals surface area (Å²) < 4.78 is 14.3. The molecule has 1 N–H and O–H groups in total. The first kappa shape index (κ1) is 12.3. The maximum Gasteiger partial charge on any atom is 0.126 e. The summed E-state index contributed by atoms with van der Waals surface area (Å²) in [4.78, 5) is 0. The van der Waals surface area contributed by atoms with Crippen LogP contribution in [0.5, 0.6) is 0 Å². The smallest absolute Gasteiger partial charge is 0.126 e. The van der Waals surface area contributed by atoms with E-state index in [2.05, 4.69) is 15.9 Å². The first-order valence-corrected chi connectivity index (χ1v) is 6.07. The fourth-order valence-corrected chi connectivity index (χ4v) is 2.07. The largest absolute Gasteiger partial charge is 0.384 e. The lowest BCUT2D eigenvalue weighted by molar-refractivity contribution is 0.219. The molecule has 2 aromatic carbocycles. The minimum absolute atomic E-state index is 0.295. The van der Waals surface area contributed by atoms with Gasteiger partial charge in [-0.05, 0) is 41.8 Å². The zero-order chi connectivity index (χ0) is 12.4. The molecule has 0 aliphatic heterocycles. The molecule has 88 valence electrons. The lowest BCUT2D eigenvalue weighted by atomic mass is 10.0. The third kappa shape index (κ3) is 2.73. The van der Waals surface area contributed by atoms with Gasteiger partial charge in [0.1, 0.15) is 11.9 Å². The Kier molecular flexibility index (Phi) is 3.60. The molecule has 1 atom stereocenters. The Balaban J connectivity index is 2.36. The molecule has 0 spiro atoms. The summed E-state index contributed by atoms with van der Waals surface area (Å²) in [6.45, 7) is 1.70. The second kappa shape index (κ2) is 4.98. The van der Waals surface area contributed by atoms with Crippen molar-refractivity contribution in [1.82, 2.24) is 0 Å². The molecule has 0 amide bonds. The van der Waals surface area contributed by atoms with Gasteiger partial charge in [-0.15, -0.1) is 0 Å². The number of rotatable bonds is 2. The molecule has 1 nitrogen and oxygen atoms in total. The van der Waals surface area contributed by atoms with Crippen molar-refractivity contribution in [3.63, 3.8) is 0 Å². The summed E-state index contributed by atoms with van der Waals surface area (Å²) >= 11 is 3.34. The third-order valence-electron chi connectivity index (χ3n) is 2.68. The maximum atomic E-state index is 13.4. The van der Waals surface area contributed by atoms with Crippen LogP contribution in [0.1, 0.15) is 22.8 Å². The Hall–Kier alpha value is -1.19. The number of hydrogen-bond acceptors (Lipinski definition) is 1. The molecule has 0 saturated heterocycles. The van der Waals surface area contributed by atoms with Crippen LogP contribution >= 0.6 is 15.9 Å². The van der Waals surface area contributed by atoms with E-state index in [1.807, 2.05) is 24.3 Å². The van der Waals surface area contributed by atoms with Gasteiger partial charge in [0.15, 0.2) is 0 Å². The van der Waals surface area contributed by atoms with Crippen molar-refractivity contribution in [3.05, 3.63) is 69.4 Å². The Labute approximate surface area is 108 Å². The maximum absolute atomic E-state index is 13.4. The van der Waals surface area contributed by atoms with E-state index in [4.69, 9.17) is 0 Å². The van der Waals surface area contributed by atoms with Gasteiger partial charge in [0.25, 0.3) is 0 Å². The molecule has 3 heteroatoms.